The molecular formula is C23H24N2O5S. The minimum atomic E-state index is -3.48. The van der Waals surface area contributed by atoms with Gasteiger partial charge in [0.2, 0.25) is 5.88 Å². The van der Waals surface area contributed by atoms with Crippen molar-refractivity contribution in [2.24, 2.45) is 0 Å². The van der Waals surface area contributed by atoms with Crippen LogP contribution >= 0.6 is 0 Å². The van der Waals surface area contributed by atoms with E-state index < -0.39 is 9.84 Å². The second kappa shape index (κ2) is 10.7. The Balaban J connectivity index is 1.59. The van der Waals surface area contributed by atoms with Gasteiger partial charge in [0, 0.05) is 31.5 Å². The van der Waals surface area contributed by atoms with Crippen LogP contribution < -0.4 is 10.1 Å². The zero-order valence-corrected chi connectivity index (χ0v) is 18.0. The van der Waals surface area contributed by atoms with Crippen molar-refractivity contribution in [1.82, 2.24) is 10.3 Å². The van der Waals surface area contributed by atoms with Gasteiger partial charge in [-0.15, -0.1) is 0 Å². The van der Waals surface area contributed by atoms with Gasteiger partial charge in [-0.05, 0) is 35.4 Å². The SMILES string of the molecule is COCCOc1ccc(CNC(=O)c2cccc(CS(=O)(=O)c3ccccc3)c2)cn1. The number of hydrogen-bond donors (Lipinski definition) is 1. The molecule has 8 heteroatoms. The Hall–Kier alpha value is -3.23. The van der Waals surface area contributed by atoms with E-state index in [9.17, 15) is 13.2 Å². The van der Waals surface area contributed by atoms with Crippen molar-refractivity contribution in [3.8, 4) is 5.88 Å². The van der Waals surface area contributed by atoms with Crippen molar-refractivity contribution in [3.05, 3.63) is 89.6 Å². The van der Waals surface area contributed by atoms with Crippen LogP contribution in [0.3, 0.4) is 0 Å². The van der Waals surface area contributed by atoms with Crippen molar-refractivity contribution >= 4 is 15.7 Å². The standard InChI is InChI=1S/C23H24N2O5S/c1-29-12-13-30-22-11-10-19(15-24-22)16-25-23(26)20-7-5-6-18(14-20)17-31(27,28)21-8-3-2-4-9-21/h2-11,14-15H,12-13,16-17H2,1H3,(H,25,26). The highest BCUT2D eigenvalue weighted by atomic mass is 32.2. The lowest BCUT2D eigenvalue weighted by Crippen LogP contribution is -2.23. The molecule has 0 radical (unpaired) electrons. The monoisotopic (exact) mass is 440 g/mol. The molecule has 162 valence electrons. The van der Waals surface area contributed by atoms with E-state index in [-0.39, 0.29) is 23.1 Å². The van der Waals surface area contributed by atoms with Crippen LogP contribution in [0.5, 0.6) is 5.88 Å². The molecule has 0 saturated heterocycles. The number of rotatable bonds is 10. The van der Waals surface area contributed by atoms with Crippen molar-refractivity contribution in [2.75, 3.05) is 20.3 Å². The number of amides is 1. The highest BCUT2D eigenvalue weighted by Gasteiger charge is 2.16. The Kier molecular flexibility index (Phi) is 7.75. The second-order valence-electron chi connectivity index (χ2n) is 6.80. The van der Waals surface area contributed by atoms with E-state index in [0.29, 0.717) is 30.2 Å². The molecule has 3 aromatic rings. The summed E-state index contributed by atoms with van der Waals surface area (Å²) in [4.78, 5) is 17.0. The van der Waals surface area contributed by atoms with Gasteiger partial charge in [0.1, 0.15) is 6.61 Å². The van der Waals surface area contributed by atoms with E-state index in [4.69, 9.17) is 9.47 Å². The maximum absolute atomic E-state index is 12.6. The molecule has 7 nitrogen and oxygen atoms in total. The fourth-order valence-corrected chi connectivity index (χ4v) is 4.20. The van der Waals surface area contributed by atoms with E-state index in [0.717, 1.165) is 5.56 Å². The number of aromatic nitrogens is 1. The van der Waals surface area contributed by atoms with Crippen LogP contribution in [0.4, 0.5) is 0 Å². The lowest BCUT2D eigenvalue weighted by molar-refractivity contribution is 0.0950. The van der Waals surface area contributed by atoms with E-state index in [1.165, 1.54) is 0 Å². The maximum atomic E-state index is 12.6. The van der Waals surface area contributed by atoms with Crippen LogP contribution in [0, 0.1) is 0 Å². The molecule has 0 bridgehead atoms. The third-order valence-corrected chi connectivity index (χ3v) is 6.14. The smallest absolute Gasteiger partial charge is 0.251 e. The molecule has 0 saturated carbocycles. The average Bonchev–Trinajstić information content (AvgIpc) is 2.79. The van der Waals surface area contributed by atoms with Gasteiger partial charge in [-0.3, -0.25) is 4.79 Å². The van der Waals surface area contributed by atoms with Gasteiger partial charge < -0.3 is 14.8 Å². The lowest BCUT2D eigenvalue weighted by atomic mass is 10.1. The summed E-state index contributed by atoms with van der Waals surface area (Å²) in [5.41, 5.74) is 1.76. The van der Waals surface area contributed by atoms with Gasteiger partial charge in [0.15, 0.2) is 9.84 Å². The van der Waals surface area contributed by atoms with Gasteiger partial charge in [-0.2, -0.15) is 0 Å². The Labute approximate surface area is 182 Å². The predicted molar refractivity (Wildman–Crippen MR) is 117 cm³/mol. The molecule has 0 atom stereocenters. The molecule has 1 N–H and O–H groups in total. The van der Waals surface area contributed by atoms with Crippen LogP contribution in [0.1, 0.15) is 21.5 Å². The Bertz CT molecular complexity index is 1100. The van der Waals surface area contributed by atoms with Crippen molar-refractivity contribution in [1.29, 1.82) is 0 Å². The van der Waals surface area contributed by atoms with Gasteiger partial charge in [-0.1, -0.05) is 36.4 Å². The summed E-state index contributed by atoms with van der Waals surface area (Å²) < 4.78 is 35.5. The summed E-state index contributed by atoms with van der Waals surface area (Å²) in [6.07, 6.45) is 1.63. The average molecular weight is 441 g/mol. The number of ether oxygens (including phenoxy) is 2. The summed E-state index contributed by atoms with van der Waals surface area (Å²) in [6.45, 7) is 1.18. The number of hydrogen-bond acceptors (Lipinski definition) is 6. The number of nitrogens with one attached hydrogen (secondary N) is 1. The minimum absolute atomic E-state index is 0.174. The Morgan fingerprint density at radius 3 is 2.48 bits per heavy atom. The third kappa shape index (κ3) is 6.63. The van der Waals surface area contributed by atoms with E-state index in [1.807, 2.05) is 6.07 Å². The molecule has 0 aliphatic carbocycles. The molecule has 0 fully saturated rings. The number of carbonyl (C=O) groups excluding carboxylic acids is 1. The zero-order valence-electron chi connectivity index (χ0n) is 17.2. The van der Waals surface area contributed by atoms with Gasteiger partial charge >= 0.3 is 0 Å². The van der Waals surface area contributed by atoms with Crippen LogP contribution in [-0.2, 0) is 26.9 Å². The number of nitrogens with zero attached hydrogens (tertiary/aromatic N) is 1. The van der Waals surface area contributed by atoms with E-state index in [1.54, 1.807) is 74.0 Å². The highest BCUT2D eigenvalue weighted by Crippen LogP contribution is 2.17. The van der Waals surface area contributed by atoms with Gasteiger partial charge in [0.05, 0.1) is 17.3 Å². The molecule has 1 aromatic heterocycles. The summed E-state index contributed by atoms with van der Waals surface area (Å²) in [5, 5.41) is 2.82. The largest absolute Gasteiger partial charge is 0.475 e. The topological polar surface area (TPSA) is 94.6 Å². The first-order chi connectivity index (χ1) is 15.0. The van der Waals surface area contributed by atoms with Crippen molar-refractivity contribution in [3.63, 3.8) is 0 Å². The van der Waals surface area contributed by atoms with Gasteiger partial charge in [-0.25, -0.2) is 13.4 Å². The molecule has 3 rings (SSSR count). The van der Waals surface area contributed by atoms with Crippen LogP contribution in [-0.4, -0.2) is 39.6 Å². The highest BCUT2D eigenvalue weighted by molar-refractivity contribution is 7.90. The molecule has 0 spiro atoms. The number of sulfone groups is 1. The Morgan fingerprint density at radius 1 is 0.968 bits per heavy atom. The summed E-state index contributed by atoms with van der Waals surface area (Å²) in [5.74, 6) is 0.0193. The van der Waals surface area contributed by atoms with E-state index in [2.05, 4.69) is 10.3 Å². The molecule has 0 aliphatic heterocycles. The molecule has 1 heterocycles. The lowest BCUT2D eigenvalue weighted by Gasteiger charge is -2.09. The summed E-state index contributed by atoms with van der Waals surface area (Å²) >= 11 is 0. The maximum Gasteiger partial charge on any atom is 0.251 e. The number of carbonyl (C=O) groups is 1. The number of methoxy groups -OCH3 is 1. The molecule has 0 unspecified atom stereocenters. The number of benzene rings is 2. The zero-order chi connectivity index (χ0) is 22.1. The van der Waals surface area contributed by atoms with Gasteiger partial charge in [0.25, 0.3) is 5.91 Å². The van der Waals surface area contributed by atoms with Crippen LogP contribution in [0.15, 0.2) is 77.8 Å². The predicted octanol–water partition coefficient (Wildman–Crippen LogP) is 3.01. The third-order valence-electron chi connectivity index (χ3n) is 4.44. The van der Waals surface area contributed by atoms with Crippen molar-refractivity contribution < 1.29 is 22.7 Å². The van der Waals surface area contributed by atoms with Crippen molar-refractivity contribution in [2.45, 2.75) is 17.2 Å². The molecule has 0 aliphatic rings. The second-order valence-corrected chi connectivity index (χ2v) is 8.79. The first kappa shape index (κ1) is 22.5. The van der Waals surface area contributed by atoms with Crippen LogP contribution in [0.25, 0.3) is 0 Å². The fourth-order valence-electron chi connectivity index (χ4n) is 2.85. The first-order valence-corrected chi connectivity index (χ1v) is 11.3. The molecular weight excluding hydrogens is 416 g/mol. The first-order valence-electron chi connectivity index (χ1n) is 9.69. The summed E-state index contributed by atoms with van der Waals surface area (Å²) in [6, 6.07) is 18.4. The molecule has 1 amide bonds. The fraction of sp³-hybridized carbons (Fsp3) is 0.217. The normalized spacial score (nSPS) is 11.1. The number of pyridine rings is 1. The quantitative estimate of drug-likeness (QED) is 0.487. The summed E-state index contributed by atoms with van der Waals surface area (Å²) in [7, 11) is -1.89. The Morgan fingerprint density at radius 2 is 1.77 bits per heavy atom. The minimum Gasteiger partial charge on any atom is -0.475 e. The molecule has 2 aromatic carbocycles. The van der Waals surface area contributed by atoms with Crippen LogP contribution in [0.2, 0.25) is 0 Å². The van der Waals surface area contributed by atoms with E-state index >= 15 is 0 Å². The molecule has 31 heavy (non-hydrogen) atoms.